The molecule has 4 rings (SSSR count). The lowest BCUT2D eigenvalue weighted by atomic mass is 9.99. The molecule has 0 unspecified atom stereocenters. The summed E-state index contributed by atoms with van der Waals surface area (Å²) in [4.78, 5) is 21.5. The molecule has 2 aromatic carbocycles. The zero-order chi connectivity index (χ0) is 18.6. The smallest absolute Gasteiger partial charge is 0.541 e. The number of hydrogen-bond acceptors (Lipinski definition) is 5. The van der Waals surface area contributed by atoms with Crippen LogP contribution in [0.15, 0.2) is 36.4 Å². The number of nitrogens with zero attached hydrogens (tertiary/aromatic N) is 5. The maximum absolute atomic E-state index is 13.0. The Hall–Kier alpha value is -3.55. The average molecular weight is 349 g/mol. The average Bonchev–Trinajstić information content (AvgIpc) is 2.60. The number of aromatic nitrogens is 5. The zero-order valence-electron chi connectivity index (χ0n) is 14.4. The van der Waals surface area contributed by atoms with E-state index in [1.54, 1.807) is 38.1 Å². The highest BCUT2D eigenvalue weighted by Gasteiger charge is 2.34. The van der Waals surface area contributed by atoms with E-state index in [0.717, 1.165) is 16.7 Å². The van der Waals surface area contributed by atoms with Crippen LogP contribution >= 0.6 is 0 Å². The molecule has 0 saturated carbocycles. The fourth-order valence-corrected chi connectivity index (χ4v) is 3.33. The van der Waals surface area contributed by atoms with Crippen LogP contribution in [0.2, 0.25) is 0 Å². The molecule has 8 heteroatoms. The van der Waals surface area contributed by atoms with E-state index < -0.39 is 0 Å². The number of hydrogen-bond donors (Lipinski definition) is 0. The Balaban J connectivity index is 2.18. The molecule has 0 aliphatic heterocycles. The van der Waals surface area contributed by atoms with Crippen molar-refractivity contribution in [1.29, 1.82) is 0 Å². The molecule has 0 N–H and O–H groups in total. The van der Waals surface area contributed by atoms with Gasteiger partial charge in [0.1, 0.15) is 5.56 Å². The molecule has 0 aliphatic rings. The molecule has 0 aliphatic carbocycles. The molecule has 0 bridgehead atoms. The van der Waals surface area contributed by atoms with E-state index in [9.17, 15) is 15.3 Å². The van der Waals surface area contributed by atoms with Crippen LogP contribution in [0.4, 0.5) is 0 Å². The van der Waals surface area contributed by atoms with Crippen LogP contribution < -0.4 is 9.27 Å². The highest BCUT2D eigenvalue weighted by atomic mass is 16.6. The first-order chi connectivity index (χ1) is 12.4. The third kappa shape index (κ3) is 2.19. The third-order valence-corrected chi connectivity index (χ3v) is 4.35. The Bertz CT molecular complexity index is 1240. The number of rotatable bonds is 1. The van der Waals surface area contributed by atoms with E-state index in [0.29, 0.717) is 21.0 Å². The fraction of sp³-hybridized carbons (Fsp3) is 0.167. The lowest BCUT2D eigenvalue weighted by molar-refractivity contribution is -0.734. The Morgan fingerprint density at radius 1 is 1.00 bits per heavy atom. The molecule has 26 heavy (non-hydrogen) atoms. The molecule has 0 amide bonds. The first-order valence-corrected chi connectivity index (χ1v) is 8.02. The highest BCUT2D eigenvalue weighted by Crippen LogP contribution is 2.24. The molecule has 2 aromatic heterocycles. The molecule has 0 radical (unpaired) electrons. The Kier molecular flexibility index (Phi) is 3.36. The molecule has 0 spiro atoms. The van der Waals surface area contributed by atoms with Crippen LogP contribution in [-0.4, -0.2) is 14.8 Å². The van der Waals surface area contributed by atoms with Gasteiger partial charge in [-0.3, -0.25) is 0 Å². The zero-order valence-corrected chi connectivity index (χ0v) is 14.4. The maximum atomic E-state index is 13.0. The summed E-state index contributed by atoms with van der Waals surface area (Å²) in [5, 5.41) is 25.1. The number of benzene rings is 2. The minimum Gasteiger partial charge on any atom is -0.756 e. The normalized spacial score (nSPS) is 11.3. The van der Waals surface area contributed by atoms with Gasteiger partial charge in [0.25, 0.3) is 5.65 Å². The summed E-state index contributed by atoms with van der Waals surface area (Å²) >= 11 is 0. The monoisotopic (exact) mass is 349 g/mol. The largest absolute Gasteiger partial charge is 0.756 e. The standard InChI is InChI=1S/C18H15N5O3/c1-10-8-11(2)15(12(3)9-10)18-21(24)16-17(22(25)23(18)26)20-14-7-5-4-6-13(14)19-16/h4-9H,1-3H3. The molecule has 8 nitrogen and oxygen atoms in total. The topological polar surface area (TPSA) is 104 Å². The van der Waals surface area contributed by atoms with Gasteiger partial charge in [0.2, 0.25) is 0 Å². The van der Waals surface area contributed by atoms with Gasteiger partial charge in [0, 0.05) is 4.91 Å². The van der Waals surface area contributed by atoms with Gasteiger partial charge in [-0.2, -0.15) is 4.98 Å². The van der Waals surface area contributed by atoms with Crippen LogP contribution in [0, 0.1) is 36.1 Å². The molecule has 2 heterocycles. The number of para-hydroxylation sites is 2. The SMILES string of the molecule is Cc1cc(C)c(-c2[n+]([O-])n([O-])c3nc4ccccc4nc3[n+]2=O)c(C)c1. The van der Waals surface area contributed by atoms with Gasteiger partial charge in [-0.1, -0.05) is 29.8 Å². The molecular formula is C18H15N5O3. The minimum absolute atomic E-state index is 0.0312. The summed E-state index contributed by atoms with van der Waals surface area (Å²) in [7, 11) is 0. The Morgan fingerprint density at radius 3 is 2.19 bits per heavy atom. The second-order valence-electron chi connectivity index (χ2n) is 6.30. The van der Waals surface area contributed by atoms with E-state index in [4.69, 9.17) is 0 Å². The molecular weight excluding hydrogens is 334 g/mol. The molecule has 4 aromatic rings. The minimum atomic E-state index is -0.320. The second kappa shape index (κ2) is 5.48. The maximum Gasteiger partial charge on any atom is 0.541 e. The summed E-state index contributed by atoms with van der Waals surface area (Å²) in [6.45, 7) is 5.51. The summed E-state index contributed by atoms with van der Waals surface area (Å²) < 4.78 is 0.390. The van der Waals surface area contributed by atoms with Gasteiger partial charge in [0.15, 0.2) is 4.43 Å². The summed E-state index contributed by atoms with van der Waals surface area (Å²) in [6.07, 6.45) is 0. The van der Waals surface area contributed by atoms with Crippen molar-refractivity contribution in [3.63, 3.8) is 0 Å². The van der Waals surface area contributed by atoms with Crippen molar-refractivity contribution in [3.8, 4) is 11.4 Å². The van der Waals surface area contributed by atoms with Crippen LogP contribution in [0.25, 0.3) is 33.7 Å². The van der Waals surface area contributed by atoms with Crippen LogP contribution in [0.5, 0.6) is 0 Å². The fourth-order valence-electron chi connectivity index (χ4n) is 3.33. The number of fused-ring (bicyclic) bond motifs is 2. The van der Waals surface area contributed by atoms with Gasteiger partial charge in [-0.05, 0) is 48.9 Å². The van der Waals surface area contributed by atoms with E-state index in [2.05, 4.69) is 9.97 Å². The summed E-state index contributed by atoms with van der Waals surface area (Å²) in [6, 6.07) is 10.6. The highest BCUT2D eigenvalue weighted by molar-refractivity contribution is 5.81. The molecule has 130 valence electrons. The first kappa shape index (κ1) is 15.9. The van der Waals surface area contributed by atoms with E-state index in [1.807, 2.05) is 19.1 Å². The Labute approximate surface area is 147 Å². The third-order valence-electron chi connectivity index (χ3n) is 4.35. The molecule has 0 atom stereocenters. The van der Waals surface area contributed by atoms with Gasteiger partial charge in [0.05, 0.1) is 11.0 Å². The van der Waals surface area contributed by atoms with Gasteiger partial charge < -0.3 is 10.4 Å². The van der Waals surface area contributed by atoms with Crippen molar-refractivity contribution in [2.45, 2.75) is 20.8 Å². The second-order valence-corrected chi connectivity index (χ2v) is 6.30. The van der Waals surface area contributed by atoms with Crippen molar-refractivity contribution < 1.29 is 9.27 Å². The summed E-state index contributed by atoms with van der Waals surface area (Å²) in [5.41, 5.74) is 3.26. The van der Waals surface area contributed by atoms with Crippen molar-refractivity contribution in [1.82, 2.24) is 14.8 Å². The quantitative estimate of drug-likeness (QED) is 0.297. The van der Waals surface area contributed by atoms with Gasteiger partial charge >= 0.3 is 11.5 Å². The van der Waals surface area contributed by atoms with Crippen LogP contribution in [0.3, 0.4) is 0 Å². The van der Waals surface area contributed by atoms with Crippen molar-refractivity contribution in [2.75, 3.05) is 0 Å². The van der Waals surface area contributed by atoms with Crippen molar-refractivity contribution in [3.05, 3.63) is 68.4 Å². The molecule has 0 saturated heterocycles. The van der Waals surface area contributed by atoms with E-state index >= 15 is 0 Å². The van der Waals surface area contributed by atoms with E-state index in [-0.39, 0.29) is 26.8 Å². The lowest BCUT2D eigenvalue weighted by Gasteiger charge is -2.12. The van der Waals surface area contributed by atoms with Gasteiger partial charge in [-0.25, -0.2) is 4.98 Å². The predicted octanol–water partition coefficient (Wildman–Crippen LogP) is 2.07. The van der Waals surface area contributed by atoms with Gasteiger partial charge in [-0.15, -0.1) is 4.85 Å². The Morgan fingerprint density at radius 2 is 1.58 bits per heavy atom. The van der Waals surface area contributed by atoms with Crippen molar-refractivity contribution in [2.24, 2.45) is 0 Å². The predicted molar refractivity (Wildman–Crippen MR) is 95.8 cm³/mol. The van der Waals surface area contributed by atoms with Crippen molar-refractivity contribution >= 4 is 22.3 Å². The number of aryl methyl sites for hydroxylation is 3. The summed E-state index contributed by atoms with van der Waals surface area (Å²) in [5.74, 6) is -0.313. The first-order valence-electron chi connectivity index (χ1n) is 8.02. The lowest BCUT2D eigenvalue weighted by Crippen LogP contribution is -2.49. The molecule has 0 fully saturated rings. The van der Waals surface area contributed by atoms with Crippen LogP contribution in [0.1, 0.15) is 16.7 Å². The van der Waals surface area contributed by atoms with Crippen LogP contribution in [-0.2, 0) is 0 Å². The van der Waals surface area contributed by atoms with E-state index in [1.165, 1.54) is 0 Å².